The summed E-state index contributed by atoms with van der Waals surface area (Å²) < 4.78 is 6.43. The summed E-state index contributed by atoms with van der Waals surface area (Å²) in [5.41, 5.74) is 6.49. The van der Waals surface area contributed by atoms with Crippen molar-refractivity contribution < 1.29 is 9.53 Å². The van der Waals surface area contributed by atoms with Gasteiger partial charge in [0.25, 0.3) is 0 Å². The fourth-order valence-corrected chi connectivity index (χ4v) is 2.69. The molecule has 0 aliphatic carbocycles. The van der Waals surface area contributed by atoms with Crippen molar-refractivity contribution in [1.29, 1.82) is 0 Å². The molecule has 0 fully saturated rings. The fraction of sp³-hybridized carbons (Fsp3) is 0.467. The molecule has 5 nitrogen and oxygen atoms in total. The minimum Gasteiger partial charge on any atom is -0.494 e. The number of carbonyl (C=O) groups excluding carboxylic acids is 1. The highest BCUT2D eigenvalue weighted by molar-refractivity contribution is 7.22. The summed E-state index contributed by atoms with van der Waals surface area (Å²) in [5.74, 6) is 0.588. The van der Waals surface area contributed by atoms with Crippen LogP contribution in [0.5, 0.6) is 5.75 Å². The number of aromatic nitrogens is 1. The molecule has 2 aromatic rings. The van der Waals surface area contributed by atoms with Crippen molar-refractivity contribution in [2.45, 2.75) is 33.7 Å². The van der Waals surface area contributed by atoms with Crippen molar-refractivity contribution in [1.82, 2.24) is 4.98 Å². The van der Waals surface area contributed by atoms with Crippen LogP contribution in [-0.4, -0.2) is 23.5 Å². The molecule has 1 aromatic carbocycles. The number of rotatable bonds is 4. The Kier molecular flexibility index (Phi) is 4.49. The molecule has 0 radical (unpaired) electrons. The van der Waals surface area contributed by atoms with Crippen LogP contribution in [0.1, 0.15) is 27.7 Å². The molecule has 1 amide bonds. The third-order valence-electron chi connectivity index (χ3n) is 3.12. The topological polar surface area (TPSA) is 77.2 Å². The molecular formula is C15H21N3O2S. The lowest BCUT2D eigenvalue weighted by atomic mass is 9.87. The molecule has 114 valence electrons. The first kappa shape index (κ1) is 15.7. The van der Waals surface area contributed by atoms with Crippen LogP contribution in [0.2, 0.25) is 0 Å². The lowest BCUT2D eigenvalue weighted by molar-refractivity contribution is -0.119. The third-order valence-corrected chi connectivity index (χ3v) is 4.05. The van der Waals surface area contributed by atoms with Gasteiger partial charge in [-0.1, -0.05) is 32.1 Å². The zero-order valence-corrected chi connectivity index (χ0v) is 13.6. The average Bonchev–Trinajstić information content (AvgIpc) is 2.78. The van der Waals surface area contributed by atoms with Crippen molar-refractivity contribution >= 4 is 32.6 Å². The Balaban J connectivity index is 2.18. The maximum Gasteiger partial charge on any atom is 0.243 e. The number of benzene rings is 1. The molecule has 0 unspecified atom stereocenters. The lowest BCUT2D eigenvalue weighted by Crippen LogP contribution is -2.45. The number of carbonyl (C=O) groups is 1. The molecule has 0 aliphatic heterocycles. The number of hydrogen-bond acceptors (Lipinski definition) is 5. The number of hydrogen-bond donors (Lipinski definition) is 2. The maximum absolute atomic E-state index is 12.1. The molecule has 1 atom stereocenters. The van der Waals surface area contributed by atoms with Crippen molar-refractivity contribution in [2.24, 2.45) is 11.1 Å². The number of amides is 1. The van der Waals surface area contributed by atoms with E-state index in [-0.39, 0.29) is 11.3 Å². The van der Waals surface area contributed by atoms with Crippen molar-refractivity contribution in [3.8, 4) is 5.75 Å². The summed E-state index contributed by atoms with van der Waals surface area (Å²) in [5, 5.41) is 3.35. The lowest BCUT2D eigenvalue weighted by Gasteiger charge is -2.25. The summed E-state index contributed by atoms with van der Waals surface area (Å²) in [6, 6.07) is 5.10. The van der Waals surface area contributed by atoms with Gasteiger partial charge in [-0.3, -0.25) is 4.79 Å². The quantitative estimate of drug-likeness (QED) is 0.910. The molecule has 1 heterocycles. The Labute approximate surface area is 128 Å². The van der Waals surface area contributed by atoms with E-state index in [1.54, 1.807) is 0 Å². The summed E-state index contributed by atoms with van der Waals surface area (Å²) in [6.45, 7) is 8.36. The van der Waals surface area contributed by atoms with Gasteiger partial charge in [0.2, 0.25) is 5.91 Å². The fourth-order valence-electron chi connectivity index (χ4n) is 1.79. The molecule has 2 rings (SSSR count). The number of nitrogens with two attached hydrogens (primary N) is 1. The van der Waals surface area contributed by atoms with Crippen LogP contribution < -0.4 is 15.8 Å². The Morgan fingerprint density at radius 2 is 2.19 bits per heavy atom. The van der Waals surface area contributed by atoms with Gasteiger partial charge in [0.15, 0.2) is 5.13 Å². The van der Waals surface area contributed by atoms with E-state index in [4.69, 9.17) is 10.5 Å². The highest BCUT2D eigenvalue weighted by atomic mass is 32.1. The van der Waals surface area contributed by atoms with Crippen LogP contribution >= 0.6 is 11.3 Å². The normalized spacial score (nSPS) is 13.2. The summed E-state index contributed by atoms with van der Waals surface area (Å²) in [7, 11) is 0. The van der Waals surface area contributed by atoms with Gasteiger partial charge >= 0.3 is 0 Å². The number of nitrogens with zero attached hydrogens (tertiary/aromatic N) is 1. The molecule has 0 aliphatic rings. The van der Waals surface area contributed by atoms with E-state index >= 15 is 0 Å². The molecule has 1 aromatic heterocycles. The van der Waals surface area contributed by atoms with Crippen LogP contribution in [0.3, 0.4) is 0 Å². The highest BCUT2D eigenvalue weighted by Gasteiger charge is 2.28. The van der Waals surface area contributed by atoms with Gasteiger partial charge in [-0.2, -0.15) is 0 Å². The van der Waals surface area contributed by atoms with E-state index in [0.29, 0.717) is 11.7 Å². The molecular weight excluding hydrogens is 286 g/mol. The van der Waals surface area contributed by atoms with E-state index in [0.717, 1.165) is 16.0 Å². The van der Waals surface area contributed by atoms with Crippen molar-refractivity contribution in [3.63, 3.8) is 0 Å². The first-order valence-electron chi connectivity index (χ1n) is 6.91. The molecule has 6 heteroatoms. The molecule has 0 saturated carbocycles. The molecule has 0 bridgehead atoms. The van der Waals surface area contributed by atoms with Crippen molar-refractivity contribution in [3.05, 3.63) is 18.2 Å². The Morgan fingerprint density at radius 1 is 1.48 bits per heavy atom. The van der Waals surface area contributed by atoms with Gasteiger partial charge in [-0.05, 0) is 30.5 Å². The predicted octanol–water partition coefficient (Wildman–Crippen LogP) is 3.01. The van der Waals surface area contributed by atoms with Crippen LogP contribution in [0.15, 0.2) is 18.2 Å². The Morgan fingerprint density at radius 3 is 2.81 bits per heavy atom. The SMILES string of the molecule is CCOc1ccc2nc(NC(=O)[C@@H](N)C(C)(C)C)sc2c1. The number of thiazole rings is 1. The van der Waals surface area contributed by atoms with E-state index in [1.807, 2.05) is 45.9 Å². The maximum atomic E-state index is 12.1. The number of ether oxygens (including phenoxy) is 1. The standard InChI is InChI=1S/C15H21N3O2S/c1-5-20-9-6-7-10-11(8-9)21-14(17-10)18-13(19)12(16)15(2,3)4/h6-8,12H,5,16H2,1-4H3,(H,17,18,19)/t12-/m1/s1. The molecule has 0 saturated heterocycles. The van der Waals surface area contributed by atoms with Crippen molar-refractivity contribution in [2.75, 3.05) is 11.9 Å². The Hall–Kier alpha value is -1.66. The molecule has 21 heavy (non-hydrogen) atoms. The largest absolute Gasteiger partial charge is 0.494 e. The minimum absolute atomic E-state index is 0.216. The van der Waals surface area contributed by atoms with E-state index in [2.05, 4.69) is 10.3 Å². The van der Waals surface area contributed by atoms with Crippen LogP contribution in [0.4, 0.5) is 5.13 Å². The first-order valence-corrected chi connectivity index (χ1v) is 7.72. The van der Waals surface area contributed by atoms with E-state index in [9.17, 15) is 4.79 Å². The summed E-state index contributed by atoms with van der Waals surface area (Å²) in [6.07, 6.45) is 0. The van der Waals surface area contributed by atoms with Crippen LogP contribution in [0.25, 0.3) is 10.2 Å². The van der Waals surface area contributed by atoms with Crippen LogP contribution in [-0.2, 0) is 4.79 Å². The van der Waals surface area contributed by atoms with Gasteiger partial charge in [-0.15, -0.1) is 0 Å². The number of anilines is 1. The second-order valence-corrected chi connectivity index (χ2v) is 6.95. The number of fused-ring (bicyclic) bond motifs is 1. The second-order valence-electron chi connectivity index (χ2n) is 5.91. The Bertz CT molecular complexity index is 646. The van der Waals surface area contributed by atoms with Gasteiger partial charge in [-0.25, -0.2) is 4.98 Å². The van der Waals surface area contributed by atoms with Gasteiger partial charge in [0, 0.05) is 0 Å². The smallest absolute Gasteiger partial charge is 0.243 e. The van der Waals surface area contributed by atoms with Gasteiger partial charge in [0.1, 0.15) is 5.75 Å². The van der Waals surface area contributed by atoms with E-state index < -0.39 is 6.04 Å². The zero-order chi connectivity index (χ0) is 15.6. The van der Waals surface area contributed by atoms with Crippen LogP contribution in [0, 0.1) is 5.41 Å². The zero-order valence-electron chi connectivity index (χ0n) is 12.8. The monoisotopic (exact) mass is 307 g/mol. The minimum atomic E-state index is -0.580. The average molecular weight is 307 g/mol. The summed E-state index contributed by atoms with van der Waals surface area (Å²) >= 11 is 1.42. The summed E-state index contributed by atoms with van der Waals surface area (Å²) in [4.78, 5) is 16.5. The number of nitrogens with one attached hydrogen (secondary N) is 1. The van der Waals surface area contributed by atoms with E-state index in [1.165, 1.54) is 11.3 Å². The predicted molar refractivity (Wildman–Crippen MR) is 86.8 cm³/mol. The third kappa shape index (κ3) is 3.71. The molecule has 3 N–H and O–H groups in total. The first-order chi connectivity index (χ1) is 9.81. The molecule has 0 spiro atoms. The van der Waals surface area contributed by atoms with Gasteiger partial charge < -0.3 is 15.8 Å². The van der Waals surface area contributed by atoms with Gasteiger partial charge in [0.05, 0.1) is 22.9 Å². The second kappa shape index (κ2) is 5.99. The highest BCUT2D eigenvalue weighted by Crippen LogP contribution is 2.29.